The molecule has 450 valence electrons. The van der Waals surface area contributed by atoms with Gasteiger partial charge in [0.05, 0.1) is 0 Å². The van der Waals surface area contributed by atoms with E-state index in [1.54, 1.807) is 0 Å². The van der Waals surface area contributed by atoms with Crippen molar-refractivity contribution in [1.82, 2.24) is 0 Å². The van der Waals surface area contributed by atoms with E-state index in [4.69, 9.17) is 14.2 Å². The summed E-state index contributed by atoms with van der Waals surface area (Å²) in [7, 11) is 0. The first kappa shape index (κ1) is 74.8. The summed E-state index contributed by atoms with van der Waals surface area (Å²) in [6.45, 7) is 6.38. The lowest BCUT2D eigenvalue weighted by atomic mass is 10.0. The van der Waals surface area contributed by atoms with E-state index in [2.05, 4.69) is 142 Å². The van der Waals surface area contributed by atoms with Crippen LogP contribution in [0, 0.1) is 0 Å². The van der Waals surface area contributed by atoms with Crippen LogP contribution in [0.4, 0.5) is 0 Å². The molecule has 0 aromatic heterocycles. The zero-order chi connectivity index (χ0) is 57.1. The Bertz CT molecular complexity index is 1640. The molecule has 1 unspecified atom stereocenters. The van der Waals surface area contributed by atoms with Crippen molar-refractivity contribution in [2.24, 2.45) is 0 Å². The fourth-order valence-electron chi connectivity index (χ4n) is 9.03. The Labute approximate surface area is 488 Å². The summed E-state index contributed by atoms with van der Waals surface area (Å²) in [6.07, 6.45) is 92.1. The number of hydrogen-bond donors (Lipinski definition) is 0. The summed E-state index contributed by atoms with van der Waals surface area (Å²) in [5.74, 6) is -0.898. The van der Waals surface area contributed by atoms with Crippen LogP contribution in [-0.4, -0.2) is 37.2 Å². The summed E-state index contributed by atoms with van der Waals surface area (Å²) < 4.78 is 16.9. The van der Waals surface area contributed by atoms with Crippen LogP contribution in [0.5, 0.6) is 0 Å². The average Bonchev–Trinajstić information content (AvgIpc) is 3.45. The second-order valence-corrected chi connectivity index (χ2v) is 21.6. The van der Waals surface area contributed by atoms with Crippen LogP contribution in [0.1, 0.15) is 303 Å². The van der Waals surface area contributed by atoms with Gasteiger partial charge in [-0.25, -0.2) is 0 Å². The van der Waals surface area contributed by atoms with Crippen molar-refractivity contribution in [2.75, 3.05) is 13.2 Å². The van der Waals surface area contributed by atoms with E-state index < -0.39 is 6.10 Å². The van der Waals surface area contributed by atoms with Crippen LogP contribution in [0.15, 0.2) is 122 Å². The first-order valence-electron chi connectivity index (χ1n) is 33.0. The van der Waals surface area contributed by atoms with Gasteiger partial charge in [0.2, 0.25) is 0 Å². The molecule has 0 aliphatic carbocycles. The first-order chi connectivity index (χ1) is 39.0. The smallest absolute Gasteiger partial charge is 0.306 e. The van der Waals surface area contributed by atoms with Crippen molar-refractivity contribution in [3.63, 3.8) is 0 Å². The lowest BCUT2D eigenvalue weighted by Gasteiger charge is -2.18. The van der Waals surface area contributed by atoms with Crippen LogP contribution in [0.25, 0.3) is 0 Å². The maximum atomic E-state index is 12.9. The molecule has 1 atom stereocenters. The van der Waals surface area contributed by atoms with Gasteiger partial charge in [0.15, 0.2) is 6.10 Å². The van der Waals surface area contributed by atoms with Crippen molar-refractivity contribution in [2.45, 2.75) is 309 Å². The molecule has 0 heterocycles. The lowest BCUT2D eigenvalue weighted by Crippen LogP contribution is -2.30. The van der Waals surface area contributed by atoms with Crippen molar-refractivity contribution < 1.29 is 28.6 Å². The summed E-state index contributed by atoms with van der Waals surface area (Å²) in [5.41, 5.74) is 0. The van der Waals surface area contributed by atoms with E-state index in [1.165, 1.54) is 135 Å². The van der Waals surface area contributed by atoms with E-state index in [0.29, 0.717) is 19.3 Å². The Morgan fingerprint density at radius 3 is 0.785 bits per heavy atom. The van der Waals surface area contributed by atoms with Crippen molar-refractivity contribution in [3.8, 4) is 0 Å². The highest BCUT2D eigenvalue weighted by molar-refractivity contribution is 5.71. The summed E-state index contributed by atoms with van der Waals surface area (Å²) in [5, 5.41) is 0. The quantitative estimate of drug-likeness (QED) is 0.0261. The van der Waals surface area contributed by atoms with Gasteiger partial charge in [-0.05, 0) is 122 Å². The average molecular weight is 1100 g/mol. The number of carbonyl (C=O) groups is 3. The third kappa shape index (κ3) is 64.5. The number of allylic oxidation sites excluding steroid dienone is 20. The minimum Gasteiger partial charge on any atom is -0.462 e. The van der Waals surface area contributed by atoms with Crippen LogP contribution in [-0.2, 0) is 28.6 Å². The summed E-state index contributed by atoms with van der Waals surface area (Å²) in [4.78, 5) is 38.3. The third-order valence-corrected chi connectivity index (χ3v) is 13.9. The van der Waals surface area contributed by atoms with Crippen LogP contribution in [0.3, 0.4) is 0 Å². The number of rotatable bonds is 59. The normalized spacial score (nSPS) is 12.9. The molecule has 0 amide bonds. The largest absolute Gasteiger partial charge is 0.462 e. The molecule has 0 rings (SSSR count). The highest BCUT2D eigenvalue weighted by atomic mass is 16.6. The molecule has 0 aliphatic rings. The molecule has 0 saturated carbocycles. The van der Waals surface area contributed by atoms with Gasteiger partial charge >= 0.3 is 17.9 Å². The monoisotopic (exact) mass is 1090 g/mol. The lowest BCUT2D eigenvalue weighted by molar-refractivity contribution is -0.167. The number of esters is 3. The summed E-state index contributed by atoms with van der Waals surface area (Å²) in [6, 6.07) is 0. The Kier molecular flexibility index (Phi) is 62.8. The molecule has 0 radical (unpaired) electrons. The molecule has 0 aromatic carbocycles. The fraction of sp³-hybridized carbons (Fsp3) is 0.685. The molecule has 0 aromatic rings. The number of hydrogen-bond acceptors (Lipinski definition) is 6. The van der Waals surface area contributed by atoms with Gasteiger partial charge in [-0.15, -0.1) is 0 Å². The Morgan fingerprint density at radius 1 is 0.266 bits per heavy atom. The molecule has 0 fully saturated rings. The molecule has 0 N–H and O–H groups in total. The highest BCUT2D eigenvalue weighted by Crippen LogP contribution is 2.16. The van der Waals surface area contributed by atoms with E-state index >= 15 is 0 Å². The molecule has 0 aliphatic heterocycles. The number of carbonyl (C=O) groups excluding carboxylic acids is 3. The van der Waals surface area contributed by atoms with E-state index in [-0.39, 0.29) is 31.1 Å². The fourth-order valence-corrected chi connectivity index (χ4v) is 9.03. The van der Waals surface area contributed by atoms with E-state index in [1.807, 2.05) is 0 Å². The maximum absolute atomic E-state index is 12.9. The second-order valence-electron chi connectivity index (χ2n) is 21.6. The van der Waals surface area contributed by atoms with Gasteiger partial charge in [-0.1, -0.05) is 284 Å². The highest BCUT2D eigenvalue weighted by Gasteiger charge is 2.19. The maximum Gasteiger partial charge on any atom is 0.306 e. The Balaban J connectivity index is 4.25. The standard InChI is InChI=1S/C73H122O6/c1-4-7-10-13-16-19-22-24-26-28-30-32-33-34-35-36-37-38-39-41-42-44-46-48-51-54-57-60-63-66-72(75)78-69-70(68-77-71(74)65-62-59-56-53-50-21-18-15-12-9-6-3)79-73(76)67-64-61-58-55-52-49-47-45-43-40-31-29-27-25-23-20-17-14-11-8-5-2/h7-8,10-11,15-20,24-27,30-32,34-35,40,70H,4-6,9,12-14,21-23,28-29,33,36-39,41-69H2,1-3H3/b10-7-,11-8-,18-15-,19-16-,20-17-,26-24-,27-25-,32-30-,35-34-,40-31-. The number of ether oxygens (including phenoxy) is 3. The van der Waals surface area contributed by atoms with E-state index in [9.17, 15) is 14.4 Å². The van der Waals surface area contributed by atoms with Gasteiger partial charge in [-0.3, -0.25) is 14.4 Å². The van der Waals surface area contributed by atoms with Gasteiger partial charge in [0.25, 0.3) is 0 Å². The first-order valence-corrected chi connectivity index (χ1v) is 33.0. The van der Waals surface area contributed by atoms with Gasteiger partial charge in [0, 0.05) is 19.3 Å². The predicted molar refractivity (Wildman–Crippen MR) is 343 cm³/mol. The molecular weight excluding hydrogens is 973 g/mol. The van der Waals surface area contributed by atoms with Gasteiger partial charge < -0.3 is 14.2 Å². The van der Waals surface area contributed by atoms with Crippen molar-refractivity contribution >= 4 is 17.9 Å². The topological polar surface area (TPSA) is 78.9 Å². The van der Waals surface area contributed by atoms with E-state index in [0.717, 1.165) is 128 Å². The van der Waals surface area contributed by atoms with Crippen molar-refractivity contribution in [3.05, 3.63) is 122 Å². The SMILES string of the molecule is CC/C=C\C/C=C\C/C=C\C/C=C\C/C=C\CCCCCCCCCCCCCCCC(=O)OCC(COC(=O)CCCCCCC/C=C\CCCC)OC(=O)CCCCCCCCCC/C=C\C/C=C\C/C=C\C/C=C\CC. The third-order valence-electron chi connectivity index (χ3n) is 13.9. The van der Waals surface area contributed by atoms with Crippen LogP contribution < -0.4 is 0 Å². The number of unbranched alkanes of at least 4 members (excludes halogenated alkanes) is 28. The zero-order valence-electron chi connectivity index (χ0n) is 51.6. The zero-order valence-corrected chi connectivity index (χ0v) is 51.6. The predicted octanol–water partition coefficient (Wildman–Crippen LogP) is 22.8. The van der Waals surface area contributed by atoms with Crippen LogP contribution >= 0.6 is 0 Å². The molecule has 0 bridgehead atoms. The molecule has 0 spiro atoms. The second kappa shape index (κ2) is 66.3. The Hall–Kier alpha value is -4.19. The summed E-state index contributed by atoms with van der Waals surface area (Å²) >= 11 is 0. The molecular formula is C73H122O6. The van der Waals surface area contributed by atoms with Crippen molar-refractivity contribution in [1.29, 1.82) is 0 Å². The van der Waals surface area contributed by atoms with Gasteiger partial charge in [-0.2, -0.15) is 0 Å². The molecule has 6 nitrogen and oxygen atoms in total. The molecule has 79 heavy (non-hydrogen) atoms. The minimum absolute atomic E-state index is 0.0852. The minimum atomic E-state index is -0.789. The molecule has 0 saturated heterocycles. The molecule has 6 heteroatoms. The Morgan fingerprint density at radius 2 is 0.494 bits per heavy atom. The van der Waals surface area contributed by atoms with Gasteiger partial charge in [0.1, 0.15) is 13.2 Å². The van der Waals surface area contributed by atoms with Crippen LogP contribution in [0.2, 0.25) is 0 Å².